The smallest absolute Gasteiger partial charge is 0.326 e. The first kappa shape index (κ1) is 61.8. The first-order valence-electron chi connectivity index (χ1n) is 25.5. The third-order valence-corrected chi connectivity index (χ3v) is 13.0. The fourth-order valence-electron chi connectivity index (χ4n) is 8.27. The molecule has 0 aliphatic carbocycles. The van der Waals surface area contributed by atoms with Crippen molar-refractivity contribution in [3.8, 4) is 5.75 Å². The fraction of sp³-hybridized carbons (Fsp3) is 0.712. The van der Waals surface area contributed by atoms with Gasteiger partial charge in [-0.15, -0.1) is 0 Å². The molecule has 0 bridgehead atoms. The number of primary amides is 1. The molecule has 0 fully saturated rings. The number of aromatic hydroxyl groups is 1. The second kappa shape index (κ2) is 36.7. The topological polar surface area (TPSA) is 311 Å². The van der Waals surface area contributed by atoms with E-state index in [2.05, 4.69) is 10.6 Å². The summed E-state index contributed by atoms with van der Waals surface area (Å²) in [6.45, 7) is 3.97. The Hall–Kier alpha value is -5.19. The monoisotopic (exact) mass is 977 g/mol. The van der Waals surface area contributed by atoms with E-state index in [4.69, 9.17) is 16.6 Å². The molecule has 0 aromatic heterocycles. The number of phenolic OH excluding ortho intramolecular Hbond substituents is 1. The van der Waals surface area contributed by atoms with Gasteiger partial charge in [0.25, 0.3) is 0 Å². The Morgan fingerprint density at radius 3 is 1.62 bits per heavy atom. The molecule has 0 aliphatic heterocycles. The number of Topliss-reactive ketones (excluding diaryl/α,β-unsaturated/α-hetero) is 3. The van der Waals surface area contributed by atoms with Crippen molar-refractivity contribution < 1.29 is 66.4 Å². The average Bonchev–Trinajstić information content (AvgIpc) is 3.30. The van der Waals surface area contributed by atoms with E-state index in [9.17, 15) is 58.5 Å². The summed E-state index contributed by atoms with van der Waals surface area (Å²) in [7, 11) is 0. The number of hydrogen-bond acceptors (Lipinski definition) is 11. The molecule has 1 rings (SSSR count). The lowest BCUT2D eigenvalue weighted by Crippen LogP contribution is -2.41. The standard InChI is InChI=1S/C52H84N4O13.2H2/c1-3-36(2)49(53)45(60)34-38(44(59)35-40(50(54)65)32-37-23-26-41(57)27-24-37)20-18-19-31-55-46(61)30-25-39(51(66)67)33-42(58)28-29-43(52(68)69)56-47(62)21-16-14-12-10-8-6-4-5-7-9-11-13-15-17-22-48(63)64;;/h23-24,26-27,36,38-40,43,49,57H,3-22,25,28-35,53H2,1-2H3,(H2,54,65)(H,55,61)(H,56,62)(H,63,64)(H,66,67)(H,68,69);2*1H/t36-,38+,39+,40+,43-,49-;;/m0../s1. The van der Waals surface area contributed by atoms with E-state index in [1.54, 1.807) is 12.1 Å². The molecule has 394 valence electrons. The predicted molar refractivity (Wildman–Crippen MR) is 266 cm³/mol. The number of ketones is 3. The van der Waals surface area contributed by atoms with Crippen LogP contribution in [0.5, 0.6) is 5.75 Å². The van der Waals surface area contributed by atoms with Crippen molar-refractivity contribution in [2.75, 3.05) is 6.54 Å². The van der Waals surface area contributed by atoms with E-state index in [-0.39, 0.29) is 90.4 Å². The first-order valence-corrected chi connectivity index (χ1v) is 25.5. The van der Waals surface area contributed by atoms with Gasteiger partial charge in [-0.05, 0) is 68.6 Å². The molecule has 0 unspecified atom stereocenters. The fourth-order valence-corrected chi connectivity index (χ4v) is 8.27. The highest BCUT2D eigenvalue weighted by molar-refractivity contribution is 5.92. The third kappa shape index (κ3) is 30.1. The van der Waals surface area contributed by atoms with Crippen LogP contribution in [0.4, 0.5) is 0 Å². The maximum absolute atomic E-state index is 13.6. The number of carboxylic acid groups (broad SMARTS) is 3. The number of carboxylic acids is 3. The number of carbonyl (C=O) groups excluding carboxylic acids is 6. The molecule has 1 aromatic rings. The van der Waals surface area contributed by atoms with E-state index in [0.29, 0.717) is 37.7 Å². The lowest BCUT2D eigenvalue weighted by Gasteiger charge is -2.22. The van der Waals surface area contributed by atoms with Crippen LogP contribution in [-0.4, -0.2) is 92.0 Å². The molecule has 0 spiro atoms. The number of benzene rings is 1. The number of phenols is 1. The van der Waals surface area contributed by atoms with Gasteiger partial charge in [0.2, 0.25) is 17.7 Å². The highest BCUT2D eigenvalue weighted by atomic mass is 16.4. The Kier molecular flexibility index (Phi) is 32.9. The largest absolute Gasteiger partial charge is 0.508 e. The lowest BCUT2D eigenvalue weighted by atomic mass is 9.82. The van der Waals surface area contributed by atoms with Crippen LogP contribution in [0.1, 0.15) is 196 Å². The summed E-state index contributed by atoms with van der Waals surface area (Å²) in [5, 5.41) is 42.9. The second-order valence-electron chi connectivity index (χ2n) is 18.9. The highest BCUT2D eigenvalue weighted by Gasteiger charge is 2.30. The van der Waals surface area contributed by atoms with Crippen LogP contribution in [-0.2, 0) is 49.6 Å². The summed E-state index contributed by atoms with van der Waals surface area (Å²) in [5.41, 5.74) is 12.6. The van der Waals surface area contributed by atoms with Crippen molar-refractivity contribution >= 4 is 53.0 Å². The van der Waals surface area contributed by atoms with Crippen LogP contribution >= 0.6 is 0 Å². The van der Waals surface area contributed by atoms with Crippen LogP contribution in [0.2, 0.25) is 0 Å². The van der Waals surface area contributed by atoms with Crippen LogP contribution in [0, 0.1) is 23.7 Å². The van der Waals surface area contributed by atoms with Crippen LogP contribution in [0.15, 0.2) is 24.3 Å². The predicted octanol–water partition coefficient (Wildman–Crippen LogP) is 7.84. The number of hydrogen-bond donors (Lipinski definition) is 8. The molecule has 1 aromatic carbocycles. The molecule has 3 amide bonds. The van der Waals surface area contributed by atoms with Crippen LogP contribution in [0.3, 0.4) is 0 Å². The number of amides is 3. The van der Waals surface area contributed by atoms with Crippen molar-refractivity contribution in [3.05, 3.63) is 29.8 Å². The number of unbranched alkanes of at least 4 members (excludes halogenated alkanes) is 14. The van der Waals surface area contributed by atoms with Gasteiger partial charge in [0.1, 0.15) is 23.4 Å². The quantitative estimate of drug-likeness (QED) is 0.0289. The Morgan fingerprint density at radius 2 is 1.12 bits per heavy atom. The van der Waals surface area contributed by atoms with E-state index in [1.165, 1.54) is 37.8 Å². The van der Waals surface area contributed by atoms with Gasteiger partial charge in [0.15, 0.2) is 5.78 Å². The molecule has 0 aliphatic rings. The van der Waals surface area contributed by atoms with Crippen molar-refractivity contribution in [1.82, 2.24) is 10.6 Å². The number of nitrogens with two attached hydrogens (primary N) is 2. The summed E-state index contributed by atoms with van der Waals surface area (Å²) in [6.07, 6.45) is 15.4. The Labute approximate surface area is 412 Å². The SMILES string of the molecule is CC[C@H](C)[C@H](N)C(=O)C[C@@H](CCCCNC(=O)CC[C@H](CC(=O)CC[C@H](NC(=O)CCCCCCCCCCCCCCCCC(=O)O)C(=O)O)C(=O)O)C(=O)C[C@@H](Cc1ccc(O)cc1)C(N)=O.[HH].[HH]. The number of aliphatic carboxylic acids is 3. The molecule has 10 N–H and O–H groups in total. The molecule has 0 saturated carbocycles. The third-order valence-electron chi connectivity index (χ3n) is 13.0. The summed E-state index contributed by atoms with van der Waals surface area (Å²) < 4.78 is 0. The minimum Gasteiger partial charge on any atom is -0.508 e. The Bertz CT molecular complexity index is 1750. The maximum atomic E-state index is 13.6. The lowest BCUT2D eigenvalue weighted by molar-refractivity contribution is -0.145. The summed E-state index contributed by atoms with van der Waals surface area (Å²) >= 11 is 0. The molecule has 0 saturated heterocycles. The van der Waals surface area contributed by atoms with E-state index in [0.717, 1.165) is 57.8 Å². The van der Waals surface area contributed by atoms with Gasteiger partial charge in [-0.3, -0.25) is 38.4 Å². The number of carbonyl (C=O) groups is 9. The summed E-state index contributed by atoms with van der Waals surface area (Å²) in [5.74, 6) is -8.66. The summed E-state index contributed by atoms with van der Waals surface area (Å²) in [6, 6.07) is 4.16. The van der Waals surface area contributed by atoms with E-state index in [1.807, 2.05) is 13.8 Å². The molecule has 0 radical (unpaired) electrons. The van der Waals surface area contributed by atoms with Crippen molar-refractivity contribution in [2.24, 2.45) is 35.1 Å². The normalized spacial score (nSPS) is 13.8. The molecular weight excluding hydrogens is 889 g/mol. The zero-order valence-electron chi connectivity index (χ0n) is 41.4. The van der Waals surface area contributed by atoms with Crippen LogP contribution < -0.4 is 22.1 Å². The van der Waals surface area contributed by atoms with Gasteiger partial charge >= 0.3 is 17.9 Å². The minimum atomic E-state index is -1.30. The molecule has 0 heterocycles. The van der Waals surface area contributed by atoms with Gasteiger partial charge in [-0.25, -0.2) is 4.79 Å². The molecule has 17 nitrogen and oxygen atoms in total. The number of nitrogens with one attached hydrogen (secondary N) is 2. The van der Waals surface area contributed by atoms with Crippen LogP contribution in [0.25, 0.3) is 0 Å². The maximum Gasteiger partial charge on any atom is 0.326 e. The zero-order chi connectivity index (χ0) is 51.6. The van der Waals surface area contributed by atoms with Crippen molar-refractivity contribution in [3.63, 3.8) is 0 Å². The minimum absolute atomic E-state index is 0. The van der Waals surface area contributed by atoms with Gasteiger partial charge in [-0.1, -0.05) is 116 Å². The van der Waals surface area contributed by atoms with E-state index < -0.39 is 77.7 Å². The van der Waals surface area contributed by atoms with Crippen molar-refractivity contribution in [2.45, 2.75) is 206 Å². The molecule has 17 heteroatoms. The highest BCUT2D eigenvalue weighted by Crippen LogP contribution is 2.24. The molecule has 69 heavy (non-hydrogen) atoms. The van der Waals surface area contributed by atoms with Gasteiger partial charge in [-0.2, -0.15) is 0 Å². The van der Waals surface area contributed by atoms with Gasteiger partial charge in [0, 0.05) is 66.2 Å². The van der Waals surface area contributed by atoms with Crippen molar-refractivity contribution in [1.29, 1.82) is 0 Å². The van der Waals surface area contributed by atoms with Gasteiger partial charge < -0.3 is 42.5 Å². The Balaban J connectivity index is 0. The summed E-state index contributed by atoms with van der Waals surface area (Å²) in [4.78, 5) is 111. The van der Waals surface area contributed by atoms with E-state index >= 15 is 0 Å². The number of rotatable bonds is 44. The average molecular weight is 977 g/mol. The molecule has 6 atom stereocenters. The van der Waals surface area contributed by atoms with Gasteiger partial charge in [0.05, 0.1) is 12.0 Å². The Morgan fingerprint density at radius 1 is 0.580 bits per heavy atom. The first-order chi connectivity index (χ1) is 32.8. The molecular formula is C52H88N4O13. The zero-order valence-corrected chi connectivity index (χ0v) is 41.4. The second-order valence-corrected chi connectivity index (χ2v) is 18.9.